The molecule has 0 bridgehead atoms. The van der Waals surface area contributed by atoms with Crippen molar-refractivity contribution in [3.8, 4) is 0 Å². The number of rotatable bonds is 5. The molecular weight excluding hydrogens is 232 g/mol. The highest BCUT2D eigenvalue weighted by Gasteiger charge is 2.12. The van der Waals surface area contributed by atoms with Gasteiger partial charge in [0, 0.05) is 11.6 Å². The molecular formula is C15H21ClO. The van der Waals surface area contributed by atoms with Gasteiger partial charge in [0.1, 0.15) is 0 Å². The van der Waals surface area contributed by atoms with Gasteiger partial charge >= 0.3 is 0 Å². The van der Waals surface area contributed by atoms with Crippen molar-refractivity contribution in [1.29, 1.82) is 0 Å². The predicted octanol–water partition coefficient (Wildman–Crippen LogP) is 4.83. The number of hydrogen-bond acceptors (Lipinski definition) is 1. The summed E-state index contributed by atoms with van der Waals surface area (Å²) in [5, 5.41) is 0.788. The molecule has 2 heteroatoms. The highest BCUT2D eigenvalue weighted by atomic mass is 35.5. The van der Waals surface area contributed by atoms with Gasteiger partial charge in [-0.05, 0) is 30.0 Å². The van der Waals surface area contributed by atoms with E-state index in [1.807, 2.05) is 24.3 Å². The lowest BCUT2D eigenvalue weighted by atomic mass is 9.87. The van der Waals surface area contributed by atoms with Crippen LogP contribution in [0.25, 0.3) is 0 Å². The van der Waals surface area contributed by atoms with Crippen LogP contribution >= 0.6 is 11.6 Å². The van der Waals surface area contributed by atoms with Crippen molar-refractivity contribution >= 4 is 11.6 Å². The Bertz CT molecular complexity index is 314. The van der Waals surface area contributed by atoms with E-state index in [9.17, 15) is 0 Å². The van der Waals surface area contributed by atoms with Crippen LogP contribution in [0, 0.1) is 5.92 Å². The van der Waals surface area contributed by atoms with E-state index >= 15 is 0 Å². The summed E-state index contributed by atoms with van der Waals surface area (Å²) in [6, 6.07) is 7.90. The molecule has 0 radical (unpaired) electrons. The SMILES string of the molecule is Clc1ccc(COCCC2CCCCC2)cc1. The van der Waals surface area contributed by atoms with Crippen molar-refractivity contribution in [2.75, 3.05) is 6.61 Å². The van der Waals surface area contributed by atoms with Crippen LogP contribution in [0.3, 0.4) is 0 Å². The van der Waals surface area contributed by atoms with Gasteiger partial charge in [0.2, 0.25) is 0 Å². The van der Waals surface area contributed by atoms with Gasteiger partial charge < -0.3 is 4.74 Å². The van der Waals surface area contributed by atoms with Gasteiger partial charge in [0.25, 0.3) is 0 Å². The molecule has 1 aliphatic rings. The van der Waals surface area contributed by atoms with Crippen LogP contribution < -0.4 is 0 Å². The summed E-state index contributed by atoms with van der Waals surface area (Å²) in [6.45, 7) is 1.61. The molecule has 0 saturated heterocycles. The Kier molecular flexibility index (Phi) is 5.34. The van der Waals surface area contributed by atoms with Crippen LogP contribution in [-0.2, 0) is 11.3 Å². The summed E-state index contributed by atoms with van der Waals surface area (Å²) in [7, 11) is 0. The predicted molar refractivity (Wildman–Crippen MR) is 72.3 cm³/mol. The zero-order valence-electron chi connectivity index (χ0n) is 10.3. The molecule has 1 fully saturated rings. The maximum atomic E-state index is 5.83. The van der Waals surface area contributed by atoms with Gasteiger partial charge in [-0.1, -0.05) is 55.8 Å². The van der Waals surface area contributed by atoms with E-state index in [-0.39, 0.29) is 0 Å². The Balaban J connectivity index is 1.60. The summed E-state index contributed by atoms with van der Waals surface area (Å²) in [5.41, 5.74) is 1.21. The Morgan fingerprint density at radius 2 is 1.76 bits per heavy atom. The van der Waals surface area contributed by atoms with Gasteiger partial charge in [-0.2, -0.15) is 0 Å². The average Bonchev–Trinajstić information content (AvgIpc) is 2.38. The molecule has 0 amide bonds. The lowest BCUT2D eigenvalue weighted by molar-refractivity contribution is 0.102. The second kappa shape index (κ2) is 7.03. The highest BCUT2D eigenvalue weighted by molar-refractivity contribution is 6.30. The molecule has 1 aliphatic carbocycles. The number of benzene rings is 1. The molecule has 1 aromatic carbocycles. The number of halogens is 1. The van der Waals surface area contributed by atoms with Gasteiger partial charge in [0.15, 0.2) is 0 Å². The molecule has 94 valence electrons. The minimum Gasteiger partial charge on any atom is -0.377 e. The molecule has 0 heterocycles. The third-order valence-corrected chi connectivity index (χ3v) is 3.83. The first kappa shape index (κ1) is 12.9. The molecule has 2 rings (SSSR count). The monoisotopic (exact) mass is 252 g/mol. The van der Waals surface area contributed by atoms with E-state index in [4.69, 9.17) is 16.3 Å². The van der Waals surface area contributed by atoms with Crippen LogP contribution in [0.15, 0.2) is 24.3 Å². The minimum atomic E-state index is 0.712. The first-order chi connectivity index (χ1) is 8.34. The van der Waals surface area contributed by atoms with Crippen molar-refractivity contribution in [1.82, 2.24) is 0 Å². The molecule has 0 aliphatic heterocycles. The Morgan fingerprint density at radius 3 is 2.47 bits per heavy atom. The van der Waals surface area contributed by atoms with Gasteiger partial charge in [-0.3, -0.25) is 0 Å². The summed E-state index contributed by atoms with van der Waals surface area (Å²) in [6.07, 6.45) is 8.31. The minimum absolute atomic E-state index is 0.712. The number of ether oxygens (including phenoxy) is 1. The normalized spacial score (nSPS) is 17.2. The third-order valence-electron chi connectivity index (χ3n) is 3.58. The second-order valence-corrected chi connectivity index (χ2v) is 5.41. The Hall–Kier alpha value is -0.530. The molecule has 1 nitrogen and oxygen atoms in total. The standard InChI is InChI=1S/C15H21ClO/c16-15-8-6-14(7-9-15)12-17-11-10-13-4-2-1-3-5-13/h6-9,13H,1-5,10-12H2. The lowest BCUT2D eigenvalue weighted by Gasteiger charge is -2.21. The Labute approximate surface area is 109 Å². The van der Waals surface area contributed by atoms with E-state index in [2.05, 4.69) is 0 Å². The smallest absolute Gasteiger partial charge is 0.0716 e. The topological polar surface area (TPSA) is 9.23 Å². The van der Waals surface area contributed by atoms with Crippen molar-refractivity contribution in [2.45, 2.75) is 45.1 Å². The molecule has 1 saturated carbocycles. The molecule has 1 aromatic rings. The van der Waals surface area contributed by atoms with E-state index in [0.717, 1.165) is 17.5 Å². The molecule has 0 aromatic heterocycles. The zero-order chi connectivity index (χ0) is 11.9. The first-order valence-electron chi connectivity index (χ1n) is 6.67. The van der Waals surface area contributed by atoms with Crippen LogP contribution in [0.4, 0.5) is 0 Å². The van der Waals surface area contributed by atoms with Gasteiger partial charge in [0.05, 0.1) is 6.61 Å². The lowest BCUT2D eigenvalue weighted by Crippen LogP contribution is -2.09. The summed E-state index contributed by atoms with van der Waals surface area (Å²) in [5.74, 6) is 0.911. The van der Waals surface area contributed by atoms with Gasteiger partial charge in [-0.15, -0.1) is 0 Å². The first-order valence-corrected chi connectivity index (χ1v) is 7.04. The summed E-state index contributed by atoms with van der Waals surface area (Å²) >= 11 is 5.83. The van der Waals surface area contributed by atoms with Gasteiger partial charge in [-0.25, -0.2) is 0 Å². The largest absolute Gasteiger partial charge is 0.377 e. The van der Waals surface area contributed by atoms with Crippen molar-refractivity contribution in [2.24, 2.45) is 5.92 Å². The van der Waals surface area contributed by atoms with Crippen molar-refractivity contribution in [3.05, 3.63) is 34.9 Å². The molecule has 0 spiro atoms. The fourth-order valence-corrected chi connectivity index (χ4v) is 2.62. The molecule has 17 heavy (non-hydrogen) atoms. The maximum Gasteiger partial charge on any atom is 0.0716 e. The quantitative estimate of drug-likeness (QED) is 0.683. The van der Waals surface area contributed by atoms with Crippen molar-refractivity contribution < 1.29 is 4.74 Å². The van der Waals surface area contributed by atoms with E-state index in [1.165, 1.54) is 44.1 Å². The highest BCUT2D eigenvalue weighted by Crippen LogP contribution is 2.26. The fraction of sp³-hybridized carbons (Fsp3) is 0.600. The van der Waals surface area contributed by atoms with E-state index in [1.54, 1.807) is 0 Å². The van der Waals surface area contributed by atoms with E-state index < -0.39 is 0 Å². The van der Waals surface area contributed by atoms with E-state index in [0.29, 0.717) is 6.61 Å². The zero-order valence-corrected chi connectivity index (χ0v) is 11.1. The van der Waals surface area contributed by atoms with Crippen LogP contribution in [0.1, 0.15) is 44.1 Å². The second-order valence-electron chi connectivity index (χ2n) is 4.97. The summed E-state index contributed by atoms with van der Waals surface area (Å²) in [4.78, 5) is 0. The molecule has 0 N–H and O–H groups in total. The number of hydrogen-bond donors (Lipinski definition) is 0. The van der Waals surface area contributed by atoms with Crippen LogP contribution in [-0.4, -0.2) is 6.61 Å². The summed E-state index contributed by atoms with van der Waals surface area (Å²) < 4.78 is 5.72. The fourth-order valence-electron chi connectivity index (χ4n) is 2.50. The maximum absolute atomic E-state index is 5.83. The van der Waals surface area contributed by atoms with Crippen LogP contribution in [0.2, 0.25) is 5.02 Å². The average molecular weight is 253 g/mol. The third kappa shape index (κ3) is 4.69. The Morgan fingerprint density at radius 1 is 1.06 bits per heavy atom. The molecule has 0 atom stereocenters. The molecule has 0 unspecified atom stereocenters. The van der Waals surface area contributed by atoms with Crippen LogP contribution in [0.5, 0.6) is 0 Å². The van der Waals surface area contributed by atoms with Crippen molar-refractivity contribution in [3.63, 3.8) is 0 Å².